The number of hydrogen-bond acceptors (Lipinski definition) is 2. The SMILES string of the molecule is NS(=O)(=O)c1cc(Cl)c(Cl)c(Cl)c1Cl. The molecule has 8 heteroatoms. The summed E-state index contributed by atoms with van der Waals surface area (Å²) in [6.45, 7) is 0. The Morgan fingerprint density at radius 2 is 1.50 bits per heavy atom. The maximum Gasteiger partial charge on any atom is 0.239 e. The van der Waals surface area contributed by atoms with E-state index in [2.05, 4.69) is 0 Å². The van der Waals surface area contributed by atoms with Gasteiger partial charge in [0.25, 0.3) is 0 Å². The molecule has 0 heterocycles. The van der Waals surface area contributed by atoms with E-state index in [0.717, 1.165) is 6.07 Å². The molecule has 0 amide bonds. The lowest BCUT2D eigenvalue weighted by Crippen LogP contribution is -2.13. The highest BCUT2D eigenvalue weighted by atomic mass is 35.5. The molecule has 0 aromatic heterocycles. The topological polar surface area (TPSA) is 60.2 Å². The van der Waals surface area contributed by atoms with Crippen molar-refractivity contribution in [3.05, 3.63) is 26.2 Å². The molecular formula is C6H3Cl4NO2S. The predicted molar refractivity (Wildman–Crippen MR) is 57.9 cm³/mol. The summed E-state index contributed by atoms with van der Waals surface area (Å²) in [5.41, 5.74) is 0. The normalized spacial score (nSPS) is 11.8. The van der Waals surface area contributed by atoms with Crippen LogP contribution in [0.1, 0.15) is 0 Å². The summed E-state index contributed by atoms with van der Waals surface area (Å²) in [5.74, 6) is 0. The van der Waals surface area contributed by atoms with Crippen LogP contribution in [0.2, 0.25) is 20.1 Å². The van der Waals surface area contributed by atoms with Crippen LogP contribution in [0, 0.1) is 0 Å². The molecule has 2 N–H and O–H groups in total. The number of primary sulfonamides is 1. The number of nitrogens with two attached hydrogens (primary N) is 1. The van der Waals surface area contributed by atoms with Crippen LogP contribution in [0.4, 0.5) is 0 Å². The summed E-state index contributed by atoms with van der Waals surface area (Å²) in [4.78, 5) is -0.349. The van der Waals surface area contributed by atoms with Gasteiger partial charge in [0.2, 0.25) is 10.0 Å². The Hall–Kier alpha value is 0.290. The fraction of sp³-hybridized carbons (Fsp3) is 0. The van der Waals surface area contributed by atoms with Crippen molar-refractivity contribution in [3.8, 4) is 0 Å². The minimum atomic E-state index is -3.95. The zero-order chi connectivity index (χ0) is 11.1. The number of sulfonamides is 1. The summed E-state index contributed by atoms with van der Waals surface area (Å²) in [6.07, 6.45) is 0. The third kappa shape index (κ3) is 2.27. The number of benzene rings is 1. The standard InChI is InChI=1S/C6H3Cl4NO2S/c7-2-1-3(14(11,12)13)5(9)6(10)4(2)8/h1H,(H2,11,12,13). The van der Waals surface area contributed by atoms with Crippen LogP contribution < -0.4 is 5.14 Å². The van der Waals surface area contributed by atoms with Gasteiger partial charge in [-0.15, -0.1) is 0 Å². The third-order valence-corrected chi connectivity index (χ3v) is 4.17. The van der Waals surface area contributed by atoms with Crippen molar-refractivity contribution in [2.45, 2.75) is 4.90 Å². The van der Waals surface area contributed by atoms with Crippen molar-refractivity contribution in [2.24, 2.45) is 5.14 Å². The summed E-state index contributed by atoms with van der Waals surface area (Å²) in [7, 11) is -3.95. The molecule has 0 aliphatic rings. The maximum atomic E-state index is 11.0. The summed E-state index contributed by atoms with van der Waals surface area (Å²) >= 11 is 22.5. The molecule has 0 saturated carbocycles. The van der Waals surface area contributed by atoms with E-state index in [1.54, 1.807) is 0 Å². The van der Waals surface area contributed by atoms with Gasteiger partial charge >= 0.3 is 0 Å². The van der Waals surface area contributed by atoms with E-state index in [9.17, 15) is 8.42 Å². The van der Waals surface area contributed by atoms with Gasteiger partial charge in [-0.25, -0.2) is 13.6 Å². The molecular weight excluding hydrogens is 292 g/mol. The molecule has 3 nitrogen and oxygen atoms in total. The molecule has 1 aromatic carbocycles. The Balaban J connectivity index is 3.66. The lowest BCUT2D eigenvalue weighted by atomic mass is 10.3. The van der Waals surface area contributed by atoms with Crippen LogP contribution in [0.25, 0.3) is 0 Å². The third-order valence-electron chi connectivity index (χ3n) is 1.38. The quantitative estimate of drug-likeness (QED) is 0.639. The Morgan fingerprint density at radius 3 is 1.93 bits per heavy atom. The van der Waals surface area contributed by atoms with Crippen molar-refractivity contribution in [1.82, 2.24) is 0 Å². The van der Waals surface area contributed by atoms with Crippen LogP contribution >= 0.6 is 46.4 Å². The molecule has 0 fully saturated rings. The monoisotopic (exact) mass is 293 g/mol. The van der Waals surface area contributed by atoms with Gasteiger partial charge in [0.1, 0.15) is 4.90 Å². The molecule has 0 radical (unpaired) electrons. The van der Waals surface area contributed by atoms with E-state index < -0.39 is 10.0 Å². The molecule has 0 bridgehead atoms. The van der Waals surface area contributed by atoms with Gasteiger partial charge in [0.15, 0.2) is 0 Å². The van der Waals surface area contributed by atoms with Crippen LogP contribution in [0.3, 0.4) is 0 Å². The van der Waals surface area contributed by atoms with E-state index in [4.69, 9.17) is 51.5 Å². The highest BCUT2D eigenvalue weighted by Gasteiger charge is 2.19. The van der Waals surface area contributed by atoms with Crippen molar-refractivity contribution in [1.29, 1.82) is 0 Å². The maximum absolute atomic E-state index is 11.0. The Morgan fingerprint density at radius 1 is 1.00 bits per heavy atom. The van der Waals surface area contributed by atoms with Gasteiger partial charge in [-0.05, 0) is 6.07 Å². The summed E-state index contributed by atoms with van der Waals surface area (Å²) in [5, 5.41) is 4.47. The second kappa shape index (κ2) is 4.04. The van der Waals surface area contributed by atoms with Crippen LogP contribution in [0.5, 0.6) is 0 Å². The first-order chi connectivity index (χ1) is 6.25. The summed E-state index contributed by atoms with van der Waals surface area (Å²) in [6, 6.07) is 1.05. The Labute approximate surface area is 101 Å². The zero-order valence-corrected chi connectivity index (χ0v) is 10.2. The molecule has 78 valence electrons. The second-order valence-electron chi connectivity index (χ2n) is 2.34. The highest BCUT2D eigenvalue weighted by molar-refractivity contribution is 7.89. The highest BCUT2D eigenvalue weighted by Crippen LogP contribution is 2.39. The van der Waals surface area contributed by atoms with Gasteiger partial charge in [0.05, 0.1) is 20.1 Å². The lowest BCUT2D eigenvalue weighted by Gasteiger charge is -2.06. The summed E-state index contributed by atoms with van der Waals surface area (Å²) < 4.78 is 22.0. The molecule has 1 aromatic rings. The Bertz CT molecular complexity index is 485. The number of hydrogen-bond donors (Lipinski definition) is 1. The number of halogens is 4. The molecule has 0 saturated heterocycles. The molecule has 1 rings (SSSR count). The van der Waals surface area contributed by atoms with E-state index >= 15 is 0 Å². The van der Waals surface area contributed by atoms with Crippen LogP contribution in [0.15, 0.2) is 11.0 Å². The minimum absolute atomic E-state index is 0.00858. The van der Waals surface area contributed by atoms with Crippen molar-refractivity contribution >= 4 is 56.4 Å². The molecule has 0 spiro atoms. The first-order valence-corrected chi connectivity index (χ1v) is 6.16. The average Bonchev–Trinajstić information content (AvgIpc) is 2.06. The Kier molecular flexibility index (Phi) is 3.57. The van der Waals surface area contributed by atoms with Crippen molar-refractivity contribution in [3.63, 3.8) is 0 Å². The van der Waals surface area contributed by atoms with Gasteiger partial charge in [0, 0.05) is 0 Å². The molecule has 0 aliphatic heterocycles. The van der Waals surface area contributed by atoms with Gasteiger partial charge in [-0.1, -0.05) is 46.4 Å². The smallest absolute Gasteiger partial charge is 0.225 e. The molecule has 0 aliphatic carbocycles. The zero-order valence-electron chi connectivity index (χ0n) is 6.39. The van der Waals surface area contributed by atoms with E-state index in [1.807, 2.05) is 0 Å². The predicted octanol–water partition coefficient (Wildman–Crippen LogP) is 2.95. The van der Waals surface area contributed by atoms with E-state index in [0.29, 0.717) is 0 Å². The molecule has 0 unspecified atom stereocenters. The average molecular weight is 295 g/mol. The van der Waals surface area contributed by atoms with Gasteiger partial charge < -0.3 is 0 Å². The van der Waals surface area contributed by atoms with Gasteiger partial charge in [-0.2, -0.15) is 0 Å². The largest absolute Gasteiger partial charge is 0.239 e. The minimum Gasteiger partial charge on any atom is -0.225 e. The fourth-order valence-corrected chi connectivity index (χ4v) is 2.64. The second-order valence-corrected chi connectivity index (χ2v) is 5.41. The first kappa shape index (κ1) is 12.4. The molecule has 0 atom stereocenters. The first-order valence-electron chi connectivity index (χ1n) is 3.11. The number of rotatable bonds is 1. The van der Waals surface area contributed by atoms with Crippen LogP contribution in [-0.2, 0) is 10.0 Å². The lowest BCUT2D eigenvalue weighted by molar-refractivity contribution is 0.598. The van der Waals surface area contributed by atoms with Crippen molar-refractivity contribution in [2.75, 3.05) is 0 Å². The fourth-order valence-electron chi connectivity index (χ4n) is 0.758. The van der Waals surface area contributed by atoms with Crippen molar-refractivity contribution < 1.29 is 8.42 Å². The van der Waals surface area contributed by atoms with Gasteiger partial charge in [-0.3, -0.25) is 0 Å². The van der Waals surface area contributed by atoms with Crippen LogP contribution in [-0.4, -0.2) is 8.42 Å². The van der Waals surface area contributed by atoms with E-state index in [-0.39, 0.29) is 25.0 Å². The van der Waals surface area contributed by atoms with E-state index in [1.165, 1.54) is 0 Å². The molecule has 14 heavy (non-hydrogen) atoms.